The number of pyridine rings is 1. The summed E-state index contributed by atoms with van der Waals surface area (Å²) in [6.45, 7) is 3.97. The molecule has 0 aromatic carbocycles. The van der Waals surface area contributed by atoms with Gasteiger partial charge in [-0.3, -0.25) is 14.4 Å². The van der Waals surface area contributed by atoms with E-state index in [4.69, 9.17) is 0 Å². The Balaban J connectivity index is 1.37. The molecule has 1 amide bonds. The summed E-state index contributed by atoms with van der Waals surface area (Å²) in [6, 6.07) is 8.06. The zero-order valence-corrected chi connectivity index (χ0v) is 14.5. The highest BCUT2D eigenvalue weighted by molar-refractivity contribution is 5.96. The summed E-state index contributed by atoms with van der Waals surface area (Å²) >= 11 is 0. The van der Waals surface area contributed by atoms with Crippen molar-refractivity contribution in [3.8, 4) is 0 Å². The van der Waals surface area contributed by atoms with Crippen LogP contribution in [0.5, 0.6) is 0 Å². The predicted molar refractivity (Wildman–Crippen MR) is 96.1 cm³/mol. The fourth-order valence-corrected chi connectivity index (χ4v) is 3.58. The predicted octanol–water partition coefficient (Wildman–Crippen LogP) is 2.19. The van der Waals surface area contributed by atoms with E-state index >= 15 is 0 Å². The molecule has 2 aliphatic rings. The standard InChI is InChI=1S/C19H25N5O/c25-19(16-5-6-16)24(18-4-1-2-9-20-18)17-7-12-22(13-8-17)14-15-23-11-3-10-21-23/h1-4,9-11,16-17H,5-8,12-15H2. The van der Waals surface area contributed by atoms with Crippen molar-refractivity contribution in [3.05, 3.63) is 42.9 Å². The van der Waals surface area contributed by atoms with Crippen molar-refractivity contribution in [3.63, 3.8) is 0 Å². The van der Waals surface area contributed by atoms with Crippen molar-refractivity contribution in [2.75, 3.05) is 24.5 Å². The van der Waals surface area contributed by atoms with Crippen molar-refractivity contribution in [2.24, 2.45) is 5.92 Å². The Hall–Kier alpha value is -2.21. The molecule has 6 nitrogen and oxygen atoms in total. The van der Waals surface area contributed by atoms with Crippen molar-refractivity contribution >= 4 is 11.7 Å². The average Bonchev–Trinajstić information content (AvgIpc) is 3.38. The topological polar surface area (TPSA) is 54.3 Å². The smallest absolute Gasteiger partial charge is 0.231 e. The lowest BCUT2D eigenvalue weighted by atomic mass is 10.0. The molecule has 0 N–H and O–H groups in total. The van der Waals surface area contributed by atoms with Crippen LogP contribution in [0.2, 0.25) is 0 Å². The molecule has 0 radical (unpaired) electrons. The third-order valence-electron chi connectivity index (χ3n) is 5.19. The number of anilines is 1. The molecule has 0 unspecified atom stereocenters. The van der Waals surface area contributed by atoms with Crippen LogP contribution in [-0.4, -0.2) is 51.2 Å². The van der Waals surface area contributed by atoms with Crippen molar-refractivity contribution < 1.29 is 4.79 Å². The molecule has 2 fully saturated rings. The molecular formula is C19H25N5O. The van der Waals surface area contributed by atoms with Gasteiger partial charge in [0, 0.05) is 50.2 Å². The minimum absolute atomic E-state index is 0.222. The first-order valence-corrected chi connectivity index (χ1v) is 9.25. The summed E-state index contributed by atoms with van der Waals surface area (Å²) in [4.78, 5) is 21.7. The van der Waals surface area contributed by atoms with E-state index in [0.717, 1.165) is 57.7 Å². The number of carbonyl (C=O) groups excluding carboxylic acids is 1. The van der Waals surface area contributed by atoms with Gasteiger partial charge >= 0.3 is 0 Å². The molecule has 1 saturated heterocycles. The van der Waals surface area contributed by atoms with E-state index in [-0.39, 0.29) is 17.9 Å². The molecule has 1 aliphatic carbocycles. The van der Waals surface area contributed by atoms with Gasteiger partial charge in [-0.1, -0.05) is 6.07 Å². The van der Waals surface area contributed by atoms with Crippen molar-refractivity contribution in [2.45, 2.75) is 38.3 Å². The fraction of sp³-hybridized carbons (Fsp3) is 0.526. The second-order valence-electron chi connectivity index (χ2n) is 7.01. The van der Waals surface area contributed by atoms with Crippen LogP contribution >= 0.6 is 0 Å². The summed E-state index contributed by atoms with van der Waals surface area (Å²) in [6.07, 6.45) is 9.68. The van der Waals surface area contributed by atoms with E-state index in [0.29, 0.717) is 0 Å². The van der Waals surface area contributed by atoms with E-state index in [2.05, 4.69) is 15.0 Å². The van der Waals surface area contributed by atoms with Gasteiger partial charge in [0.2, 0.25) is 5.91 Å². The van der Waals surface area contributed by atoms with Gasteiger partial charge in [0.15, 0.2) is 0 Å². The number of amides is 1. The van der Waals surface area contributed by atoms with Crippen molar-refractivity contribution in [1.82, 2.24) is 19.7 Å². The van der Waals surface area contributed by atoms with Crippen LogP contribution in [0.4, 0.5) is 5.82 Å². The Morgan fingerprint density at radius 1 is 1.08 bits per heavy atom. The molecule has 4 rings (SSSR count). The second kappa shape index (κ2) is 7.35. The quantitative estimate of drug-likeness (QED) is 0.809. The number of hydrogen-bond donors (Lipinski definition) is 0. The van der Waals surface area contributed by atoms with E-state index in [1.807, 2.05) is 46.2 Å². The van der Waals surface area contributed by atoms with Gasteiger partial charge in [-0.2, -0.15) is 5.10 Å². The Labute approximate surface area is 148 Å². The normalized spacial score (nSPS) is 19.0. The molecule has 1 aliphatic heterocycles. The van der Waals surface area contributed by atoms with Gasteiger partial charge in [0.25, 0.3) is 0 Å². The minimum Gasteiger partial charge on any atom is -0.301 e. The molecular weight excluding hydrogens is 314 g/mol. The highest BCUT2D eigenvalue weighted by atomic mass is 16.2. The first kappa shape index (κ1) is 16.3. The number of hydrogen-bond acceptors (Lipinski definition) is 4. The lowest BCUT2D eigenvalue weighted by Crippen LogP contribution is -2.49. The number of piperidine rings is 1. The van der Waals surface area contributed by atoms with Gasteiger partial charge in [0.1, 0.15) is 5.82 Å². The number of likely N-dealkylation sites (tertiary alicyclic amines) is 1. The van der Waals surface area contributed by atoms with Crippen LogP contribution in [0.3, 0.4) is 0 Å². The van der Waals surface area contributed by atoms with E-state index in [1.165, 1.54) is 0 Å². The highest BCUT2D eigenvalue weighted by Gasteiger charge is 2.38. The maximum atomic E-state index is 12.8. The molecule has 6 heteroatoms. The van der Waals surface area contributed by atoms with Crippen LogP contribution in [0.1, 0.15) is 25.7 Å². The molecule has 0 atom stereocenters. The fourth-order valence-electron chi connectivity index (χ4n) is 3.58. The maximum Gasteiger partial charge on any atom is 0.231 e. The monoisotopic (exact) mass is 339 g/mol. The van der Waals surface area contributed by atoms with Crippen LogP contribution < -0.4 is 4.90 Å². The summed E-state index contributed by atoms with van der Waals surface area (Å²) < 4.78 is 1.98. The minimum atomic E-state index is 0.222. The van der Waals surface area contributed by atoms with Gasteiger partial charge < -0.3 is 4.90 Å². The number of aromatic nitrogens is 3. The zero-order valence-electron chi connectivity index (χ0n) is 14.5. The summed E-state index contributed by atoms with van der Waals surface area (Å²) in [5, 5.41) is 4.26. The number of carbonyl (C=O) groups is 1. The van der Waals surface area contributed by atoms with E-state index in [9.17, 15) is 4.79 Å². The highest BCUT2D eigenvalue weighted by Crippen LogP contribution is 2.34. The Morgan fingerprint density at radius 2 is 1.92 bits per heavy atom. The molecule has 0 bridgehead atoms. The molecule has 0 spiro atoms. The molecule has 1 saturated carbocycles. The first-order chi connectivity index (χ1) is 12.3. The van der Waals surface area contributed by atoms with E-state index < -0.39 is 0 Å². The summed E-state index contributed by atoms with van der Waals surface area (Å²) in [5.41, 5.74) is 0. The molecule has 132 valence electrons. The molecule has 2 aromatic rings. The van der Waals surface area contributed by atoms with Crippen molar-refractivity contribution in [1.29, 1.82) is 0 Å². The third kappa shape index (κ3) is 3.90. The molecule has 2 aromatic heterocycles. The average molecular weight is 339 g/mol. The Kier molecular flexibility index (Phi) is 4.78. The van der Waals surface area contributed by atoms with E-state index in [1.54, 1.807) is 6.20 Å². The second-order valence-corrected chi connectivity index (χ2v) is 7.01. The van der Waals surface area contributed by atoms with Crippen LogP contribution in [0.25, 0.3) is 0 Å². The Bertz CT molecular complexity index is 675. The lowest BCUT2D eigenvalue weighted by Gasteiger charge is -2.38. The first-order valence-electron chi connectivity index (χ1n) is 9.25. The van der Waals surface area contributed by atoms with Gasteiger partial charge in [-0.15, -0.1) is 0 Å². The summed E-state index contributed by atoms with van der Waals surface area (Å²) in [5.74, 6) is 1.31. The molecule has 3 heterocycles. The summed E-state index contributed by atoms with van der Waals surface area (Å²) in [7, 11) is 0. The van der Waals surface area contributed by atoms with Gasteiger partial charge in [0.05, 0.1) is 6.54 Å². The third-order valence-corrected chi connectivity index (χ3v) is 5.19. The number of rotatable bonds is 6. The zero-order chi connectivity index (χ0) is 17.1. The molecule has 25 heavy (non-hydrogen) atoms. The van der Waals surface area contributed by atoms with Gasteiger partial charge in [-0.25, -0.2) is 4.98 Å². The number of nitrogens with zero attached hydrogens (tertiary/aromatic N) is 5. The SMILES string of the molecule is O=C(C1CC1)N(c1ccccn1)C1CCN(CCn2cccn2)CC1. The lowest BCUT2D eigenvalue weighted by molar-refractivity contribution is -0.120. The van der Waals surface area contributed by atoms with Crippen LogP contribution in [-0.2, 0) is 11.3 Å². The maximum absolute atomic E-state index is 12.8. The van der Waals surface area contributed by atoms with Crippen LogP contribution in [0.15, 0.2) is 42.9 Å². The van der Waals surface area contributed by atoms with Crippen LogP contribution in [0, 0.1) is 5.92 Å². The Morgan fingerprint density at radius 3 is 2.56 bits per heavy atom. The largest absolute Gasteiger partial charge is 0.301 e. The van der Waals surface area contributed by atoms with Gasteiger partial charge in [-0.05, 0) is 43.9 Å².